The summed E-state index contributed by atoms with van der Waals surface area (Å²) in [4.78, 5) is 16.5. The Morgan fingerprint density at radius 3 is 2.21 bits per heavy atom. The standard InChI is InChI=1S/C14H30N4O/c1-13(2)16-14(19)5-8-18-11-9-17(10-12-18)7-4-3-6-15/h13H,3-12,15H2,1-2H3,(H,16,19). The molecule has 0 radical (unpaired) electrons. The number of nitrogens with one attached hydrogen (secondary N) is 1. The summed E-state index contributed by atoms with van der Waals surface area (Å²) in [5.41, 5.74) is 5.50. The lowest BCUT2D eigenvalue weighted by atomic mass is 10.2. The topological polar surface area (TPSA) is 61.6 Å². The van der Waals surface area contributed by atoms with E-state index in [2.05, 4.69) is 15.1 Å². The highest BCUT2D eigenvalue weighted by atomic mass is 16.1. The SMILES string of the molecule is CC(C)NC(=O)CCN1CCN(CCCCN)CC1. The second-order valence-electron chi connectivity index (χ2n) is 5.65. The van der Waals surface area contributed by atoms with Crippen LogP contribution < -0.4 is 11.1 Å². The molecule has 0 unspecified atom stereocenters. The molecule has 1 amide bonds. The van der Waals surface area contributed by atoms with Gasteiger partial charge in [0.15, 0.2) is 0 Å². The molecular formula is C14H30N4O. The predicted molar refractivity (Wildman–Crippen MR) is 79.1 cm³/mol. The molecule has 5 heteroatoms. The van der Waals surface area contributed by atoms with Gasteiger partial charge in [0.2, 0.25) is 5.91 Å². The summed E-state index contributed by atoms with van der Waals surface area (Å²) in [5.74, 6) is 0.167. The number of hydrogen-bond acceptors (Lipinski definition) is 4. The van der Waals surface area contributed by atoms with E-state index in [9.17, 15) is 4.79 Å². The predicted octanol–water partition coefficient (Wildman–Crippen LogP) is 0.258. The average molecular weight is 270 g/mol. The molecule has 0 aromatic rings. The van der Waals surface area contributed by atoms with Crippen LogP contribution in [0.1, 0.15) is 33.1 Å². The van der Waals surface area contributed by atoms with E-state index in [0.29, 0.717) is 6.42 Å². The van der Waals surface area contributed by atoms with Crippen molar-refractivity contribution in [1.29, 1.82) is 0 Å². The zero-order valence-electron chi connectivity index (χ0n) is 12.5. The van der Waals surface area contributed by atoms with E-state index >= 15 is 0 Å². The summed E-state index contributed by atoms with van der Waals surface area (Å²) < 4.78 is 0. The summed E-state index contributed by atoms with van der Waals surface area (Å²) in [6.07, 6.45) is 2.94. The van der Waals surface area contributed by atoms with Crippen molar-refractivity contribution in [2.45, 2.75) is 39.2 Å². The molecule has 5 nitrogen and oxygen atoms in total. The highest BCUT2D eigenvalue weighted by Crippen LogP contribution is 2.04. The molecule has 1 rings (SSSR count). The summed E-state index contributed by atoms with van der Waals surface area (Å²) >= 11 is 0. The van der Waals surface area contributed by atoms with Crippen molar-refractivity contribution >= 4 is 5.91 Å². The minimum absolute atomic E-state index is 0.167. The van der Waals surface area contributed by atoms with Crippen LogP contribution in [0.2, 0.25) is 0 Å². The fraction of sp³-hybridized carbons (Fsp3) is 0.929. The van der Waals surface area contributed by atoms with Crippen LogP contribution in [0.5, 0.6) is 0 Å². The van der Waals surface area contributed by atoms with Crippen molar-refractivity contribution in [3.8, 4) is 0 Å². The first-order valence-corrected chi connectivity index (χ1v) is 7.56. The van der Waals surface area contributed by atoms with E-state index in [1.165, 1.54) is 13.0 Å². The Labute approximate surface area is 117 Å². The van der Waals surface area contributed by atoms with Gasteiger partial charge in [-0.25, -0.2) is 0 Å². The number of nitrogens with two attached hydrogens (primary N) is 1. The minimum atomic E-state index is 0.167. The van der Waals surface area contributed by atoms with Gasteiger partial charge in [-0.1, -0.05) is 0 Å². The summed E-state index contributed by atoms with van der Waals surface area (Å²) in [5, 5.41) is 2.94. The lowest BCUT2D eigenvalue weighted by Crippen LogP contribution is -2.47. The molecule has 1 fully saturated rings. The monoisotopic (exact) mass is 270 g/mol. The molecule has 0 spiro atoms. The minimum Gasteiger partial charge on any atom is -0.354 e. The third-order valence-corrected chi connectivity index (χ3v) is 3.50. The van der Waals surface area contributed by atoms with E-state index in [4.69, 9.17) is 5.73 Å². The van der Waals surface area contributed by atoms with E-state index in [1.54, 1.807) is 0 Å². The van der Waals surface area contributed by atoms with Crippen LogP contribution in [0.25, 0.3) is 0 Å². The molecule has 0 atom stereocenters. The van der Waals surface area contributed by atoms with Gasteiger partial charge in [-0.2, -0.15) is 0 Å². The van der Waals surface area contributed by atoms with Gasteiger partial charge in [0, 0.05) is 45.2 Å². The van der Waals surface area contributed by atoms with Crippen molar-refractivity contribution < 1.29 is 4.79 Å². The number of carbonyl (C=O) groups excluding carboxylic acids is 1. The fourth-order valence-corrected chi connectivity index (χ4v) is 2.37. The Morgan fingerprint density at radius 1 is 1.11 bits per heavy atom. The Balaban J connectivity index is 2.08. The Kier molecular flexibility index (Phi) is 8.02. The third kappa shape index (κ3) is 7.50. The zero-order valence-corrected chi connectivity index (χ0v) is 12.5. The maximum absolute atomic E-state index is 11.6. The molecule has 0 aliphatic carbocycles. The number of rotatable bonds is 8. The molecule has 1 aliphatic heterocycles. The highest BCUT2D eigenvalue weighted by Gasteiger charge is 2.16. The first-order valence-electron chi connectivity index (χ1n) is 7.56. The van der Waals surface area contributed by atoms with Gasteiger partial charge >= 0.3 is 0 Å². The maximum atomic E-state index is 11.6. The molecule has 0 aromatic carbocycles. The van der Waals surface area contributed by atoms with Crippen LogP contribution in [0, 0.1) is 0 Å². The van der Waals surface area contributed by atoms with Crippen molar-refractivity contribution in [1.82, 2.24) is 15.1 Å². The normalized spacial score (nSPS) is 17.9. The van der Waals surface area contributed by atoms with Gasteiger partial charge in [0.1, 0.15) is 0 Å². The largest absolute Gasteiger partial charge is 0.354 e. The number of piperazine rings is 1. The molecule has 3 N–H and O–H groups in total. The quantitative estimate of drug-likeness (QED) is 0.621. The van der Waals surface area contributed by atoms with E-state index < -0.39 is 0 Å². The fourth-order valence-electron chi connectivity index (χ4n) is 2.37. The van der Waals surface area contributed by atoms with Gasteiger partial charge in [-0.05, 0) is 39.8 Å². The van der Waals surface area contributed by atoms with Crippen LogP contribution >= 0.6 is 0 Å². The average Bonchev–Trinajstić information content (AvgIpc) is 2.37. The number of nitrogens with zero attached hydrogens (tertiary/aromatic N) is 2. The second kappa shape index (κ2) is 9.28. The maximum Gasteiger partial charge on any atom is 0.221 e. The highest BCUT2D eigenvalue weighted by molar-refractivity contribution is 5.76. The van der Waals surface area contributed by atoms with Crippen molar-refractivity contribution in [2.24, 2.45) is 5.73 Å². The first kappa shape index (κ1) is 16.4. The van der Waals surface area contributed by atoms with Gasteiger partial charge in [-0.3, -0.25) is 4.79 Å². The van der Waals surface area contributed by atoms with Crippen LogP contribution in [0.15, 0.2) is 0 Å². The van der Waals surface area contributed by atoms with E-state index in [0.717, 1.165) is 45.7 Å². The molecule has 0 saturated carbocycles. The van der Waals surface area contributed by atoms with Gasteiger partial charge in [0.05, 0.1) is 0 Å². The van der Waals surface area contributed by atoms with Gasteiger partial charge in [-0.15, -0.1) is 0 Å². The molecule has 112 valence electrons. The first-order chi connectivity index (χ1) is 9.11. The van der Waals surface area contributed by atoms with Crippen molar-refractivity contribution in [3.63, 3.8) is 0 Å². The molecule has 1 heterocycles. The van der Waals surface area contributed by atoms with Crippen LogP contribution in [0.4, 0.5) is 0 Å². The lowest BCUT2D eigenvalue weighted by molar-refractivity contribution is -0.122. The van der Waals surface area contributed by atoms with E-state index in [1.807, 2.05) is 13.8 Å². The van der Waals surface area contributed by atoms with E-state index in [-0.39, 0.29) is 11.9 Å². The van der Waals surface area contributed by atoms with Crippen LogP contribution in [-0.4, -0.2) is 67.6 Å². The summed E-state index contributed by atoms with van der Waals surface area (Å²) in [6, 6.07) is 0.242. The van der Waals surface area contributed by atoms with Crippen LogP contribution in [-0.2, 0) is 4.79 Å². The zero-order chi connectivity index (χ0) is 14.1. The molecule has 19 heavy (non-hydrogen) atoms. The van der Waals surface area contributed by atoms with Crippen LogP contribution in [0.3, 0.4) is 0 Å². The Bertz CT molecular complexity index is 250. The van der Waals surface area contributed by atoms with Gasteiger partial charge < -0.3 is 20.9 Å². The van der Waals surface area contributed by atoms with Crippen molar-refractivity contribution in [2.75, 3.05) is 45.8 Å². The van der Waals surface area contributed by atoms with Crippen molar-refractivity contribution in [3.05, 3.63) is 0 Å². The molecule has 1 aliphatic rings. The number of amides is 1. The summed E-state index contributed by atoms with van der Waals surface area (Å²) in [6.45, 7) is 11.2. The number of carbonyl (C=O) groups is 1. The number of unbranched alkanes of at least 4 members (excludes halogenated alkanes) is 1. The molecule has 1 saturated heterocycles. The lowest BCUT2D eigenvalue weighted by Gasteiger charge is -2.34. The molecular weight excluding hydrogens is 240 g/mol. The smallest absolute Gasteiger partial charge is 0.221 e. The summed E-state index contributed by atoms with van der Waals surface area (Å²) in [7, 11) is 0. The molecule has 0 aromatic heterocycles. The Morgan fingerprint density at radius 2 is 1.68 bits per heavy atom. The number of hydrogen-bond donors (Lipinski definition) is 2. The third-order valence-electron chi connectivity index (χ3n) is 3.50. The van der Waals surface area contributed by atoms with Gasteiger partial charge in [0.25, 0.3) is 0 Å². The molecule has 0 bridgehead atoms. The second-order valence-corrected chi connectivity index (χ2v) is 5.65. The Hall–Kier alpha value is -0.650.